The Kier molecular flexibility index (Phi) is 4.88. The summed E-state index contributed by atoms with van der Waals surface area (Å²) in [6, 6.07) is 10.4. The first-order valence-electron chi connectivity index (χ1n) is 7.90. The Morgan fingerprint density at radius 2 is 1.82 bits per heavy atom. The van der Waals surface area contributed by atoms with E-state index in [4.69, 9.17) is 4.43 Å². The van der Waals surface area contributed by atoms with E-state index in [0.29, 0.717) is 0 Å². The van der Waals surface area contributed by atoms with Gasteiger partial charge in [0, 0.05) is 11.6 Å². The molecule has 3 heteroatoms. The van der Waals surface area contributed by atoms with E-state index in [-0.39, 0.29) is 11.1 Å². The molecule has 0 aliphatic heterocycles. The minimum absolute atomic E-state index is 0.0150. The summed E-state index contributed by atoms with van der Waals surface area (Å²) in [5.41, 5.74) is 2.22. The summed E-state index contributed by atoms with van der Waals surface area (Å²) < 4.78 is 6.66. The van der Waals surface area contributed by atoms with Gasteiger partial charge in [-0.3, -0.25) is 4.98 Å². The van der Waals surface area contributed by atoms with Crippen molar-refractivity contribution in [3.05, 3.63) is 54.2 Å². The molecular formula is C19H27NOSi. The van der Waals surface area contributed by atoms with Crippen molar-refractivity contribution in [1.82, 2.24) is 4.98 Å². The number of rotatable bonds is 4. The Labute approximate surface area is 135 Å². The van der Waals surface area contributed by atoms with Crippen LogP contribution in [0.2, 0.25) is 18.1 Å². The van der Waals surface area contributed by atoms with Gasteiger partial charge in [0.15, 0.2) is 8.32 Å². The molecule has 0 bridgehead atoms. The van der Waals surface area contributed by atoms with E-state index < -0.39 is 8.32 Å². The number of fused-ring (bicyclic) bond motifs is 1. The molecule has 2 rings (SSSR count). The lowest BCUT2D eigenvalue weighted by Gasteiger charge is -2.39. The summed E-state index contributed by atoms with van der Waals surface area (Å²) in [7, 11) is -1.85. The van der Waals surface area contributed by atoms with Crippen molar-refractivity contribution < 1.29 is 4.43 Å². The van der Waals surface area contributed by atoms with Gasteiger partial charge in [-0.25, -0.2) is 0 Å². The van der Waals surface area contributed by atoms with E-state index in [9.17, 15) is 0 Å². The molecule has 1 heterocycles. The Bertz CT molecular complexity index is 665. The zero-order valence-corrected chi connectivity index (χ0v) is 15.6. The van der Waals surface area contributed by atoms with Crippen molar-refractivity contribution >= 4 is 19.2 Å². The molecule has 2 nitrogen and oxygen atoms in total. The summed E-state index contributed by atoms with van der Waals surface area (Å²) >= 11 is 0. The van der Waals surface area contributed by atoms with Gasteiger partial charge < -0.3 is 4.43 Å². The number of para-hydroxylation sites is 1. The lowest BCUT2D eigenvalue weighted by atomic mass is 10.0. The van der Waals surface area contributed by atoms with E-state index in [1.807, 2.05) is 19.2 Å². The second-order valence-corrected chi connectivity index (χ2v) is 12.0. The molecule has 1 atom stereocenters. The molecule has 118 valence electrons. The molecule has 0 fully saturated rings. The van der Waals surface area contributed by atoms with E-state index in [0.717, 1.165) is 5.52 Å². The van der Waals surface area contributed by atoms with Crippen LogP contribution in [0.4, 0.5) is 0 Å². The lowest BCUT2D eigenvalue weighted by molar-refractivity contribution is 0.231. The zero-order chi connectivity index (χ0) is 16.4. The summed E-state index contributed by atoms with van der Waals surface area (Å²) in [5, 5.41) is 1.36. The molecule has 0 spiro atoms. The molecule has 0 aliphatic carbocycles. The van der Waals surface area contributed by atoms with Gasteiger partial charge in [0.1, 0.15) is 0 Å². The van der Waals surface area contributed by atoms with Crippen LogP contribution in [-0.4, -0.2) is 13.3 Å². The third kappa shape index (κ3) is 3.47. The topological polar surface area (TPSA) is 22.1 Å². The van der Waals surface area contributed by atoms with Gasteiger partial charge in [-0.15, -0.1) is 0 Å². The van der Waals surface area contributed by atoms with E-state index in [1.165, 1.54) is 10.9 Å². The van der Waals surface area contributed by atoms with Gasteiger partial charge in [0.2, 0.25) is 0 Å². The molecule has 0 saturated carbocycles. The highest BCUT2D eigenvalue weighted by Gasteiger charge is 2.39. The maximum atomic E-state index is 6.66. The van der Waals surface area contributed by atoms with E-state index >= 15 is 0 Å². The molecule has 0 amide bonds. The van der Waals surface area contributed by atoms with Crippen LogP contribution in [0.15, 0.2) is 48.7 Å². The fraction of sp³-hybridized carbons (Fsp3) is 0.421. The van der Waals surface area contributed by atoms with Crippen LogP contribution in [-0.2, 0) is 4.43 Å². The monoisotopic (exact) mass is 313 g/mol. The number of pyridine rings is 1. The zero-order valence-electron chi connectivity index (χ0n) is 14.6. The number of aromatic nitrogens is 1. The van der Waals surface area contributed by atoms with Crippen molar-refractivity contribution in [3.8, 4) is 0 Å². The van der Waals surface area contributed by atoms with Gasteiger partial charge in [0.25, 0.3) is 0 Å². The molecule has 1 unspecified atom stereocenters. The van der Waals surface area contributed by atoms with Gasteiger partial charge in [0.05, 0.1) is 11.6 Å². The number of benzene rings is 1. The van der Waals surface area contributed by atoms with Crippen LogP contribution in [0.25, 0.3) is 10.9 Å². The van der Waals surface area contributed by atoms with Crippen LogP contribution >= 0.6 is 0 Å². The van der Waals surface area contributed by atoms with Crippen LogP contribution in [0.1, 0.15) is 39.4 Å². The maximum absolute atomic E-state index is 6.66. The second-order valence-electron chi connectivity index (χ2n) is 7.24. The lowest BCUT2D eigenvalue weighted by Crippen LogP contribution is -2.41. The first kappa shape index (κ1) is 16.9. The highest BCUT2D eigenvalue weighted by Crippen LogP contribution is 2.40. The molecule has 2 aromatic rings. The maximum Gasteiger partial charge on any atom is 0.193 e. The normalized spacial score (nSPS) is 14.6. The molecule has 1 aromatic heterocycles. The van der Waals surface area contributed by atoms with Crippen molar-refractivity contribution in [2.45, 2.75) is 51.9 Å². The Morgan fingerprint density at radius 1 is 1.14 bits per heavy atom. The van der Waals surface area contributed by atoms with Crippen molar-refractivity contribution in [1.29, 1.82) is 0 Å². The van der Waals surface area contributed by atoms with E-state index in [2.05, 4.69) is 75.3 Å². The fourth-order valence-electron chi connectivity index (χ4n) is 2.24. The largest absolute Gasteiger partial charge is 0.406 e. The molecule has 1 aromatic carbocycles. The van der Waals surface area contributed by atoms with Crippen molar-refractivity contribution in [3.63, 3.8) is 0 Å². The molecule has 0 N–H and O–H groups in total. The van der Waals surface area contributed by atoms with Crippen LogP contribution < -0.4 is 0 Å². The molecule has 0 saturated heterocycles. The fourth-order valence-corrected chi connectivity index (χ4v) is 3.44. The smallest absolute Gasteiger partial charge is 0.193 e. The summed E-state index contributed by atoms with van der Waals surface area (Å²) in [4.78, 5) is 4.46. The SMILES string of the molecule is C/C=C/C(O[Si](C)(C)C(C)(C)C)c1ccnc2ccccc12. The predicted octanol–water partition coefficient (Wildman–Crippen LogP) is 5.87. The number of nitrogens with zero attached hydrogens (tertiary/aromatic N) is 1. The van der Waals surface area contributed by atoms with Crippen LogP contribution in [0.5, 0.6) is 0 Å². The summed E-state index contributed by atoms with van der Waals surface area (Å²) in [6.07, 6.45) is 6.09. The van der Waals surface area contributed by atoms with Gasteiger partial charge >= 0.3 is 0 Å². The summed E-state index contributed by atoms with van der Waals surface area (Å²) in [5.74, 6) is 0. The van der Waals surface area contributed by atoms with Crippen molar-refractivity contribution in [2.75, 3.05) is 0 Å². The Balaban J connectivity index is 2.48. The average Bonchev–Trinajstić information content (AvgIpc) is 2.45. The number of hydrogen-bond donors (Lipinski definition) is 0. The minimum Gasteiger partial charge on any atom is -0.406 e. The second kappa shape index (κ2) is 6.35. The third-order valence-corrected chi connectivity index (χ3v) is 9.04. The van der Waals surface area contributed by atoms with Crippen LogP contribution in [0.3, 0.4) is 0 Å². The average molecular weight is 314 g/mol. The quantitative estimate of drug-likeness (QED) is 0.520. The predicted molar refractivity (Wildman–Crippen MR) is 97.6 cm³/mol. The first-order valence-corrected chi connectivity index (χ1v) is 10.8. The van der Waals surface area contributed by atoms with Gasteiger partial charge in [-0.05, 0) is 42.8 Å². The van der Waals surface area contributed by atoms with Crippen molar-refractivity contribution in [2.24, 2.45) is 0 Å². The molecular weight excluding hydrogens is 286 g/mol. The van der Waals surface area contributed by atoms with E-state index in [1.54, 1.807) is 0 Å². The molecule has 0 radical (unpaired) electrons. The first-order chi connectivity index (χ1) is 10.3. The Hall–Kier alpha value is -1.45. The molecule has 22 heavy (non-hydrogen) atoms. The third-order valence-electron chi connectivity index (χ3n) is 4.58. The van der Waals surface area contributed by atoms with Gasteiger partial charge in [-0.2, -0.15) is 0 Å². The highest BCUT2D eigenvalue weighted by molar-refractivity contribution is 6.74. The summed E-state index contributed by atoms with van der Waals surface area (Å²) in [6.45, 7) is 13.5. The number of hydrogen-bond acceptors (Lipinski definition) is 2. The standard InChI is InChI=1S/C19H27NOSi/c1-7-10-18(21-22(5,6)19(2,3)4)16-13-14-20-17-12-9-8-11-15(16)17/h7-14,18H,1-6H3/b10-7+. The highest BCUT2D eigenvalue weighted by atomic mass is 28.4. The van der Waals surface area contributed by atoms with Gasteiger partial charge in [-0.1, -0.05) is 51.1 Å². The Morgan fingerprint density at radius 3 is 2.45 bits per heavy atom. The van der Waals surface area contributed by atoms with Crippen LogP contribution in [0, 0.1) is 0 Å². The number of allylic oxidation sites excluding steroid dienone is 1. The molecule has 0 aliphatic rings. The minimum atomic E-state index is -1.85.